The molecule has 1 fully saturated rings. The van der Waals surface area contributed by atoms with Crippen molar-refractivity contribution in [2.24, 2.45) is 0 Å². The van der Waals surface area contributed by atoms with E-state index in [2.05, 4.69) is 0 Å². The summed E-state index contributed by atoms with van der Waals surface area (Å²) in [7, 11) is -4.07. The molecule has 0 saturated heterocycles. The molecule has 1 aliphatic rings. The van der Waals surface area contributed by atoms with Crippen LogP contribution in [0.2, 0.25) is 0 Å². The fraction of sp³-hybridized carbons (Fsp3) is 0.294. The molecule has 2 aromatic carbocycles. The highest BCUT2D eigenvalue weighted by Gasteiger charge is 2.39. The van der Waals surface area contributed by atoms with Crippen LogP contribution in [-0.4, -0.2) is 18.8 Å². The predicted molar refractivity (Wildman–Crippen MR) is 83.6 cm³/mol. The molecule has 0 radical (unpaired) electrons. The highest BCUT2D eigenvalue weighted by molar-refractivity contribution is 7.89. The lowest BCUT2D eigenvalue weighted by molar-refractivity contribution is -0.137. The molecular weight excluding hydrogens is 358 g/mol. The first-order valence-corrected chi connectivity index (χ1v) is 9.06. The van der Waals surface area contributed by atoms with Crippen molar-refractivity contribution in [2.45, 2.75) is 36.5 Å². The average Bonchev–Trinajstić information content (AvgIpc) is 3.37. The van der Waals surface area contributed by atoms with E-state index < -0.39 is 32.5 Å². The zero-order chi connectivity index (χ0) is 18.2. The Labute approximate surface area is 142 Å². The number of rotatable bonds is 5. The lowest BCUT2D eigenvalue weighted by atomic mass is 10.1. The van der Waals surface area contributed by atoms with Crippen molar-refractivity contribution in [2.75, 3.05) is 0 Å². The Kier molecular flexibility index (Phi) is 4.59. The van der Waals surface area contributed by atoms with Gasteiger partial charge in [-0.25, -0.2) is 12.8 Å². The van der Waals surface area contributed by atoms with Crippen molar-refractivity contribution in [1.29, 1.82) is 0 Å². The van der Waals surface area contributed by atoms with Crippen LogP contribution >= 0.6 is 0 Å². The van der Waals surface area contributed by atoms with E-state index in [1.807, 2.05) is 0 Å². The summed E-state index contributed by atoms with van der Waals surface area (Å²) in [6.45, 7) is -0.0977. The zero-order valence-electron chi connectivity index (χ0n) is 13.0. The molecule has 0 aromatic heterocycles. The van der Waals surface area contributed by atoms with Crippen LogP contribution < -0.4 is 0 Å². The van der Waals surface area contributed by atoms with Gasteiger partial charge in [0.2, 0.25) is 10.0 Å². The average molecular weight is 373 g/mol. The molecule has 0 atom stereocenters. The largest absolute Gasteiger partial charge is 0.416 e. The zero-order valence-corrected chi connectivity index (χ0v) is 13.8. The molecule has 3 nitrogen and oxygen atoms in total. The smallest absolute Gasteiger partial charge is 0.207 e. The monoisotopic (exact) mass is 373 g/mol. The molecule has 3 rings (SSSR count). The van der Waals surface area contributed by atoms with E-state index in [0.717, 1.165) is 22.5 Å². The molecule has 0 bridgehead atoms. The van der Waals surface area contributed by atoms with Crippen LogP contribution in [0.4, 0.5) is 17.6 Å². The second-order valence-electron chi connectivity index (χ2n) is 5.91. The minimum atomic E-state index is -4.45. The Hall–Kier alpha value is -1.93. The maximum atomic E-state index is 13.9. The third-order valence-corrected chi connectivity index (χ3v) is 5.93. The number of hydrogen-bond acceptors (Lipinski definition) is 2. The molecule has 1 saturated carbocycles. The molecule has 2 aromatic rings. The summed E-state index contributed by atoms with van der Waals surface area (Å²) in [5.74, 6) is -0.847. The number of halogens is 4. The number of nitrogens with zero attached hydrogens (tertiary/aromatic N) is 1. The quantitative estimate of drug-likeness (QED) is 0.737. The van der Waals surface area contributed by atoms with Crippen molar-refractivity contribution in [3.05, 3.63) is 65.5 Å². The van der Waals surface area contributed by atoms with Gasteiger partial charge in [0.15, 0.2) is 0 Å². The Morgan fingerprint density at radius 1 is 1.00 bits per heavy atom. The Balaban J connectivity index is 1.89. The van der Waals surface area contributed by atoms with Gasteiger partial charge in [-0.2, -0.15) is 17.5 Å². The lowest BCUT2D eigenvalue weighted by Crippen LogP contribution is -2.33. The summed E-state index contributed by atoms with van der Waals surface area (Å²) in [5.41, 5.74) is -0.383. The fourth-order valence-electron chi connectivity index (χ4n) is 2.53. The molecule has 0 unspecified atom stereocenters. The number of sulfonamides is 1. The van der Waals surface area contributed by atoms with Gasteiger partial charge in [-0.05, 0) is 42.7 Å². The summed E-state index contributed by atoms with van der Waals surface area (Å²) < 4.78 is 78.5. The minimum Gasteiger partial charge on any atom is -0.207 e. The molecular formula is C17H15F4NO2S. The molecule has 1 aliphatic carbocycles. The third kappa shape index (κ3) is 3.85. The molecule has 0 N–H and O–H groups in total. The van der Waals surface area contributed by atoms with Crippen molar-refractivity contribution >= 4 is 10.0 Å². The minimum absolute atomic E-state index is 0.0977. The van der Waals surface area contributed by atoms with Gasteiger partial charge in [0.05, 0.1) is 5.56 Å². The molecule has 0 amide bonds. The highest BCUT2D eigenvalue weighted by atomic mass is 32.2. The second-order valence-corrected chi connectivity index (χ2v) is 7.77. The highest BCUT2D eigenvalue weighted by Crippen LogP contribution is 2.35. The fourth-order valence-corrected chi connectivity index (χ4v) is 4.27. The maximum Gasteiger partial charge on any atom is 0.416 e. The van der Waals surface area contributed by atoms with Gasteiger partial charge >= 0.3 is 6.18 Å². The molecule has 25 heavy (non-hydrogen) atoms. The van der Waals surface area contributed by atoms with E-state index in [4.69, 9.17) is 0 Å². The van der Waals surface area contributed by atoms with Crippen LogP contribution in [0, 0.1) is 5.82 Å². The van der Waals surface area contributed by atoms with Crippen molar-refractivity contribution in [3.63, 3.8) is 0 Å². The SMILES string of the molecule is O=S(=O)(c1ccccc1F)N(Cc1ccc(C(F)(F)F)cc1)C1CC1. The van der Waals surface area contributed by atoms with Gasteiger partial charge in [-0.1, -0.05) is 24.3 Å². The van der Waals surface area contributed by atoms with Gasteiger partial charge in [-0.3, -0.25) is 0 Å². The summed E-state index contributed by atoms with van der Waals surface area (Å²) >= 11 is 0. The lowest BCUT2D eigenvalue weighted by Gasteiger charge is -2.22. The van der Waals surface area contributed by atoms with Crippen LogP contribution in [0.5, 0.6) is 0 Å². The molecule has 134 valence electrons. The maximum absolute atomic E-state index is 13.9. The van der Waals surface area contributed by atoms with E-state index in [9.17, 15) is 26.0 Å². The van der Waals surface area contributed by atoms with Crippen LogP contribution in [0.3, 0.4) is 0 Å². The summed E-state index contributed by atoms with van der Waals surface area (Å²) in [5, 5.41) is 0. The second kappa shape index (κ2) is 6.42. The topological polar surface area (TPSA) is 37.4 Å². The van der Waals surface area contributed by atoms with Gasteiger partial charge < -0.3 is 0 Å². The van der Waals surface area contributed by atoms with E-state index in [0.29, 0.717) is 18.4 Å². The van der Waals surface area contributed by atoms with Crippen LogP contribution in [0.1, 0.15) is 24.0 Å². The van der Waals surface area contributed by atoms with Crippen LogP contribution in [0.25, 0.3) is 0 Å². The number of hydrogen-bond donors (Lipinski definition) is 0. The first-order valence-electron chi connectivity index (χ1n) is 7.62. The first kappa shape index (κ1) is 17.9. The molecule has 0 aliphatic heterocycles. The van der Waals surface area contributed by atoms with Crippen LogP contribution in [-0.2, 0) is 22.7 Å². The Bertz CT molecular complexity index is 859. The summed E-state index contributed by atoms with van der Waals surface area (Å²) in [6.07, 6.45) is -3.16. The summed E-state index contributed by atoms with van der Waals surface area (Å²) in [6, 6.07) is 9.14. The van der Waals surface area contributed by atoms with Gasteiger partial charge in [0.25, 0.3) is 0 Å². The first-order chi connectivity index (χ1) is 11.7. The van der Waals surface area contributed by atoms with Crippen molar-refractivity contribution < 1.29 is 26.0 Å². The van der Waals surface area contributed by atoms with Gasteiger partial charge in [-0.15, -0.1) is 0 Å². The number of benzene rings is 2. The number of alkyl halides is 3. The predicted octanol–water partition coefficient (Wildman–Crippen LogP) is 4.20. The van der Waals surface area contributed by atoms with Crippen molar-refractivity contribution in [3.8, 4) is 0 Å². The third-order valence-electron chi connectivity index (χ3n) is 4.00. The van der Waals surface area contributed by atoms with E-state index in [1.165, 1.54) is 30.3 Å². The van der Waals surface area contributed by atoms with E-state index in [-0.39, 0.29) is 12.6 Å². The van der Waals surface area contributed by atoms with E-state index in [1.54, 1.807) is 0 Å². The summed E-state index contributed by atoms with van der Waals surface area (Å²) in [4.78, 5) is -0.422. The Morgan fingerprint density at radius 2 is 1.60 bits per heavy atom. The van der Waals surface area contributed by atoms with Gasteiger partial charge in [0, 0.05) is 12.6 Å². The van der Waals surface area contributed by atoms with Crippen LogP contribution in [0.15, 0.2) is 53.4 Å². The normalized spacial score (nSPS) is 15.6. The van der Waals surface area contributed by atoms with Crippen molar-refractivity contribution in [1.82, 2.24) is 4.31 Å². The Morgan fingerprint density at radius 3 is 2.12 bits per heavy atom. The molecule has 8 heteroatoms. The standard InChI is InChI=1S/C17H15F4NO2S/c18-15-3-1-2-4-16(15)25(23,24)22(14-9-10-14)11-12-5-7-13(8-6-12)17(19,20)21/h1-8,14H,9-11H2. The molecule has 0 heterocycles. The van der Waals surface area contributed by atoms with Gasteiger partial charge in [0.1, 0.15) is 10.7 Å². The molecule has 0 spiro atoms. The van der Waals surface area contributed by atoms with E-state index >= 15 is 0 Å².